The number of carbonyl (C=O) groups is 3. The Balaban J connectivity index is 3.21. The van der Waals surface area contributed by atoms with Gasteiger partial charge < -0.3 is 14.6 Å². The summed E-state index contributed by atoms with van der Waals surface area (Å²) in [5.41, 5.74) is 0.156. The molecule has 0 radical (unpaired) electrons. The minimum absolute atomic E-state index is 0.0487. The molecule has 0 heterocycles. The molecule has 1 N–H and O–H groups in total. The molecule has 0 aliphatic carbocycles. The first-order chi connectivity index (χ1) is 10.7. The van der Waals surface area contributed by atoms with E-state index in [4.69, 9.17) is 14.6 Å². The molecule has 0 saturated heterocycles. The van der Waals surface area contributed by atoms with Gasteiger partial charge in [0.2, 0.25) is 0 Å². The van der Waals surface area contributed by atoms with Crippen molar-refractivity contribution in [3.63, 3.8) is 0 Å². The Morgan fingerprint density at radius 2 is 1.52 bits per heavy atom. The highest BCUT2D eigenvalue weighted by atomic mass is 16.6. The molecule has 0 aliphatic rings. The summed E-state index contributed by atoms with van der Waals surface area (Å²) in [6, 6.07) is 5.87. The average Bonchev–Trinajstić information content (AvgIpc) is 2.43. The largest absolute Gasteiger partial charge is 0.478 e. The van der Waals surface area contributed by atoms with Crippen molar-refractivity contribution in [2.24, 2.45) is 0 Å². The molecular weight excluding hydrogens is 300 g/mol. The summed E-state index contributed by atoms with van der Waals surface area (Å²) in [4.78, 5) is 35.2. The van der Waals surface area contributed by atoms with Crippen LogP contribution < -0.4 is 0 Å². The van der Waals surface area contributed by atoms with Gasteiger partial charge in [-0.3, -0.25) is 0 Å². The number of hydrogen-bond donors (Lipinski definition) is 1. The van der Waals surface area contributed by atoms with E-state index in [-0.39, 0.29) is 11.1 Å². The zero-order chi connectivity index (χ0) is 17.6. The predicted molar refractivity (Wildman–Crippen MR) is 83.8 cm³/mol. The van der Waals surface area contributed by atoms with E-state index in [0.29, 0.717) is 5.56 Å². The van der Waals surface area contributed by atoms with E-state index in [1.54, 1.807) is 33.8 Å². The van der Waals surface area contributed by atoms with E-state index in [9.17, 15) is 14.4 Å². The van der Waals surface area contributed by atoms with Gasteiger partial charge in [-0.25, -0.2) is 14.4 Å². The molecule has 6 heteroatoms. The molecule has 6 nitrogen and oxygen atoms in total. The third kappa shape index (κ3) is 5.94. The van der Waals surface area contributed by atoms with Gasteiger partial charge in [-0.2, -0.15) is 0 Å². The van der Waals surface area contributed by atoms with Crippen LogP contribution in [0.5, 0.6) is 0 Å². The number of carbonyl (C=O) groups excluding carboxylic acids is 2. The van der Waals surface area contributed by atoms with Gasteiger partial charge in [0.25, 0.3) is 0 Å². The van der Waals surface area contributed by atoms with Crippen LogP contribution in [0.4, 0.5) is 0 Å². The van der Waals surface area contributed by atoms with E-state index < -0.39 is 30.1 Å². The van der Waals surface area contributed by atoms with Gasteiger partial charge in [0.15, 0.2) is 0 Å². The smallest absolute Gasteiger partial charge is 0.345 e. The summed E-state index contributed by atoms with van der Waals surface area (Å²) in [5, 5.41) is 9.00. The minimum Gasteiger partial charge on any atom is -0.478 e. The van der Waals surface area contributed by atoms with Crippen LogP contribution in [0.2, 0.25) is 0 Å². The average molecular weight is 320 g/mol. The molecule has 124 valence electrons. The predicted octanol–water partition coefficient (Wildman–Crippen LogP) is 2.67. The van der Waals surface area contributed by atoms with E-state index in [1.807, 2.05) is 0 Å². The van der Waals surface area contributed by atoms with E-state index in [1.165, 1.54) is 24.3 Å². The third-order valence-electron chi connectivity index (χ3n) is 2.57. The lowest BCUT2D eigenvalue weighted by Crippen LogP contribution is -2.23. The third-order valence-corrected chi connectivity index (χ3v) is 2.57. The second-order valence-electron chi connectivity index (χ2n) is 5.40. The lowest BCUT2D eigenvalue weighted by Gasteiger charge is -2.12. The zero-order valence-corrected chi connectivity index (χ0v) is 13.5. The quantitative estimate of drug-likeness (QED) is 0.375. The summed E-state index contributed by atoms with van der Waals surface area (Å²) in [5.74, 6) is -2.73. The number of rotatable bonds is 6. The number of carboxylic acid groups (broad SMARTS) is 1. The van der Waals surface area contributed by atoms with Crippen molar-refractivity contribution in [3.8, 4) is 0 Å². The molecule has 0 spiro atoms. The zero-order valence-electron chi connectivity index (χ0n) is 13.5. The molecule has 1 aromatic carbocycles. The lowest BCUT2D eigenvalue weighted by molar-refractivity contribution is -0.150. The first-order valence-corrected chi connectivity index (χ1v) is 7.17. The maximum Gasteiger partial charge on any atom is 0.345 e. The van der Waals surface area contributed by atoms with Crippen molar-refractivity contribution < 1.29 is 29.0 Å². The number of esters is 2. The number of hydrogen-bond acceptors (Lipinski definition) is 5. The van der Waals surface area contributed by atoms with Gasteiger partial charge in [0, 0.05) is 0 Å². The minimum atomic E-state index is -1.10. The number of benzene rings is 1. The van der Waals surface area contributed by atoms with Gasteiger partial charge >= 0.3 is 17.9 Å². The molecular formula is C17H20O6. The first-order valence-electron chi connectivity index (χ1n) is 7.17. The topological polar surface area (TPSA) is 89.9 Å². The lowest BCUT2D eigenvalue weighted by atomic mass is 10.1. The van der Waals surface area contributed by atoms with Gasteiger partial charge in [-0.1, -0.05) is 12.1 Å². The summed E-state index contributed by atoms with van der Waals surface area (Å²) in [7, 11) is 0. The Hall–Kier alpha value is -2.63. The number of ether oxygens (including phenoxy) is 2. The molecule has 0 bridgehead atoms. The van der Waals surface area contributed by atoms with Crippen LogP contribution in [-0.2, 0) is 19.1 Å². The van der Waals surface area contributed by atoms with Crippen LogP contribution >= 0.6 is 0 Å². The number of carboxylic acids is 1. The summed E-state index contributed by atoms with van der Waals surface area (Å²) < 4.78 is 10.1. The van der Waals surface area contributed by atoms with Gasteiger partial charge in [-0.15, -0.1) is 0 Å². The molecule has 0 atom stereocenters. The standard InChI is InChI=1S/C17H20O6/c1-10(2)22-16(20)14(17(21)23-11(3)4)9-12-6-5-7-13(8-12)15(18)19/h5-11H,1-4H3,(H,18,19). The monoisotopic (exact) mass is 320 g/mol. The van der Waals surface area contributed by atoms with Crippen LogP contribution in [-0.4, -0.2) is 35.2 Å². The Kier molecular flexibility index (Phi) is 6.50. The fourth-order valence-corrected chi connectivity index (χ4v) is 1.68. The van der Waals surface area contributed by atoms with Crippen molar-refractivity contribution in [2.75, 3.05) is 0 Å². The fourth-order valence-electron chi connectivity index (χ4n) is 1.68. The van der Waals surface area contributed by atoms with Crippen LogP contribution in [0.25, 0.3) is 6.08 Å². The van der Waals surface area contributed by atoms with Crippen LogP contribution in [0.15, 0.2) is 29.8 Å². The highest BCUT2D eigenvalue weighted by Gasteiger charge is 2.23. The first kappa shape index (κ1) is 18.4. The number of aromatic carboxylic acids is 1. The van der Waals surface area contributed by atoms with Crippen molar-refractivity contribution >= 4 is 24.0 Å². The van der Waals surface area contributed by atoms with Crippen molar-refractivity contribution in [2.45, 2.75) is 39.9 Å². The molecule has 0 saturated carbocycles. The maximum atomic E-state index is 12.1. The second-order valence-corrected chi connectivity index (χ2v) is 5.40. The molecule has 0 aliphatic heterocycles. The van der Waals surface area contributed by atoms with Gasteiger partial charge in [0.1, 0.15) is 5.57 Å². The van der Waals surface area contributed by atoms with Crippen LogP contribution in [0, 0.1) is 0 Å². The van der Waals surface area contributed by atoms with E-state index >= 15 is 0 Å². The molecule has 0 fully saturated rings. The Morgan fingerprint density at radius 1 is 1.00 bits per heavy atom. The highest BCUT2D eigenvalue weighted by molar-refractivity contribution is 6.17. The highest BCUT2D eigenvalue weighted by Crippen LogP contribution is 2.14. The Bertz CT molecular complexity index is 604. The maximum absolute atomic E-state index is 12.1. The van der Waals surface area contributed by atoms with E-state index in [2.05, 4.69) is 0 Å². The summed E-state index contributed by atoms with van der Waals surface area (Å²) >= 11 is 0. The molecule has 0 unspecified atom stereocenters. The molecule has 1 rings (SSSR count). The van der Waals surface area contributed by atoms with Crippen molar-refractivity contribution in [3.05, 3.63) is 41.0 Å². The molecule has 0 amide bonds. The van der Waals surface area contributed by atoms with Crippen LogP contribution in [0.3, 0.4) is 0 Å². The molecule has 1 aromatic rings. The fraction of sp³-hybridized carbons (Fsp3) is 0.353. The van der Waals surface area contributed by atoms with Crippen molar-refractivity contribution in [1.29, 1.82) is 0 Å². The Labute approximate surface area is 134 Å². The molecule has 0 aromatic heterocycles. The van der Waals surface area contributed by atoms with Crippen LogP contribution in [0.1, 0.15) is 43.6 Å². The second kappa shape index (κ2) is 8.12. The van der Waals surface area contributed by atoms with Gasteiger partial charge in [0.05, 0.1) is 17.8 Å². The SMILES string of the molecule is CC(C)OC(=O)C(=Cc1cccc(C(=O)O)c1)C(=O)OC(C)C. The summed E-state index contributed by atoms with van der Waals surface area (Å²) in [6.45, 7) is 6.64. The normalized spacial score (nSPS) is 10.3. The van der Waals surface area contributed by atoms with Gasteiger partial charge in [-0.05, 0) is 51.5 Å². The van der Waals surface area contributed by atoms with E-state index in [0.717, 1.165) is 0 Å². The molecule has 23 heavy (non-hydrogen) atoms. The van der Waals surface area contributed by atoms with Crippen molar-refractivity contribution in [1.82, 2.24) is 0 Å². The Morgan fingerprint density at radius 3 is 1.96 bits per heavy atom. The summed E-state index contributed by atoms with van der Waals surface area (Å²) in [6.07, 6.45) is 0.466.